The van der Waals surface area contributed by atoms with E-state index in [9.17, 15) is 9.90 Å². The molecule has 2 aromatic carbocycles. The van der Waals surface area contributed by atoms with E-state index >= 15 is 0 Å². The number of nitrogens with two attached hydrogens (primary N) is 1. The van der Waals surface area contributed by atoms with Gasteiger partial charge in [0, 0.05) is 5.69 Å². The lowest BCUT2D eigenvalue weighted by atomic mass is 9.86. The minimum absolute atomic E-state index is 0.0786. The highest BCUT2D eigenvalue weighted by Crippen LogP contribution is 2.29. The Hall–Kier alpha value is -2.29. The van der Waals surface area contributed by atoms with Gasteiger partial charge in [-0.1, -0.05) is 51.1 Å². The summed E-state index contributed by atoms with van der Waals surface area (Å²) in [5.74, 6) is -0.966. The van der Waals surface area contributed by atoms with Gasteiger partial charge in [-0.2, -0.15) is 0 Å². The lowest BCUT2D eigenvalue weighted by Crippen LogP contribution is -2.10. The summed E-state index contributed by atoms with van der Waals surface area (Å²) in [5.41, 5.74) is 9.21. The summed E-state index contributed by atoms with van der Waals surface area (Å²) in [7, 11) is 0. The highest BCUT2D eigenvalue weighted by molar-refractivity contribution is 5.97. The van der Waals surface area contributed by atoms with Crippen molar-refractivity contribution in [1.29, 1.82) is 0 Å². The second-order valence-electron chi connectivity index (χ2n) is 5.94. The fourth-order valence-corrected chi connectivity index (χ4v) is 2.14. The summed E-state index contributed by atoms with van der Waals surface area (Å²) in [5, 5.41) is 9.28. The van der Waals surface area contributed by atoms with Crippen molar-refractivity contribution in [1.82, 2.24) is 0 Å². The van der Waals surface area contributed by atoms with Gasteiger partial charge in [0.05, 0.1) is 5.56 Å². The summed E-state index contributed by atoms with van der Waals surface area (Å²) < 4.78 is 0. The van der Waals surface area contributed by atoms with Crippen molar-refractivity contribution in [3.8, 4) is 11.1 Å². The largest absolute Gasteiger partial charge is 0.478 e. The van der Waals surface area contributed by atoms with Crippen LogP contribution in [-0.2, 0) is 5.41 Å². The maximum atomic E-state index is 11.3. The van der Waals surface area contributed by atoms with Crippen molar-refractivity contribution in [2.24, 2.45) is 0 Å². The van der Waals surface area contributed by atoms with E-state index in [-0.39, 0.29) is 11.0 Å². The van der Waals surface area contributed by atoms with Gasteiger partial charge in [0.25, 0.3) is 0 Å². The van der Waals surface area contributed by atoms with Gasteiger partial charge in [-0.15, -0.1) is 0 Å². The van der Waals surface area contributed by atoms with Crippen LogP contribution < -0.4 is 5.73 Å². The minimum atomic E-state index is -0.966. The average molecular weight is 269 g/mol. The van der Waals surface area contributed by atoms with E-state index in [0.717, 1.165) is 5.56 Å². The molecule has 3 heteroatoms. The summed E-state index contributed by atoms with van der Waals surface area (Å²) in [4.78, 5) is 11.3. The van der Waals surface area contributed by atoms with Crippen LogP contribution in [0, 0.1) is 0 Å². The number of rotatable bonds is 2. The Balaban J connectivity index is 2.50. The molecule has 0 radical (unpaired) electrons. The lowest BCUT2D eigenvalue weighted by Gasteiger charge is -2.19. The normalized spacial score (nSPS) is 11.3. The molecular formula is C17H19NO2. The molecule has 104 valence electrons. The van der Waals surface area contributed by atoms with E-state index in [2.05, 4.69) is 20.8 Å². The zero-order chi connectivity index (χ0) is 14.9. The Kier molecular flexibility index (Phi) is 3.53. The Morgan fingerprint density at radius 1 is 1.05 bits per heavy atom. The van der Waals surface area contributed by atoms with E-state index in [4.69, 9.17) is 5.73 Å². The van der Waals surface area contributed by atoms with Crippen LogP contribution in [0.2, 0.25) is 0 Å². The first-order valence-electron chi connectivity index (χ1n) is 6.53. The van der Waals surface area contributed by atoms with Crippen LogP contribution >= 0.6 is 0 Å². The van der Waals surface area contributed by atoms with Crippen LogP contribution in [0.1, 0.15) is 36.7 Å². The molecule has 0 atom stereocenters. The van der Waals surface area contributed by atoms with Gasteiger partial charge in [0.15, 0.2) is 0 Å². The van der Waals surface area contributed by atoms with Crippen LogP contribution in [0.15, 0.2) is 42.5 Å². The first-order valence-corrected chi connectivity index (χ1v) is 6.53. The summed E-state index contributed by atoms with van der Waals surface area (Å²) in [6.45, 7) is 6.44. The first-order chi connectivity index (χ1) is 9.29. The quantitative estimate of drug-likeness (QED) is 0.812. The number of carboxylic acid groups (broad SMARTS) is 1. The number of anilines is 1. The molecule has 2 rings (SSSR count). The summed E-state index contributed by atoms with van der Waals surface area (Å²) >= 11 is 0. The zero-order valence-corrected chi connectivity index (χ0v) is 12.0. The standard InChI is InChI=1S/C17H19NO2/c1-17(2,3)12-6-4-11(5-7-12)14-9-8-13(18)10-15(14)16(19)20/h4-10H,18H2,1-3H3,(H,19,20). The number of carboxylic acids is 1. The number of aromatic carboxylic acids is 1. The molecule has 0 fully saturated rings. The third kappa shape index (κ3) is 2.82. The molecule has 3 N–H and O–H groups in total. The number of hydrogen-bond acceptors (Lipinski definition) is 2. The molecule has 0 heterocycles. The third-order valence-electron chi connectivity index (χ3n) is 3.34. The van der Waals surface area contributed by atoms with E-state index in [1.165, 1.54) is 11.6 Å². The van der Waals surface area contributed by atoms with E-state index < -0.39 is 5.97 Å². The number of benzene rings is 2. The molecule has 0 bridgehead atoms. The second kappa shape index (κ2) is 5.00. The highest BCUT2D eigenvalue weighted by Gasteiger charge is 2.15. The molecular weight excluding hydrogens is 250 g/mol. The summed E-state index contributed by atoms with van der Waals surface area (Å²) in [6.07, 6.45) is 0. The fourth-order valence-electron chi connectivity index (χ4n) is 2.14. The van der Waals surface area contributed by atoms with Gasteiger partial charge in [-0.05, 0) is 34.2 Å². The van der Waals surface area contributed by atoms with Crippen molar-refractivity contribution >= 4 is 11.7 Å². The Labute approximate surface area is 119 Å². The van der Waals surface area contributed by atoms with Gasteiger partial charge in [-0.25, -0.2) is 4.79 Å². The lowest BCUT2D eigenvalue weighted by molar-refractivity contribution is 0.0698. The van der Waals surface area contributed by atoms with Crippen molar-refractivity contribution < 1.29 is 9.90 Å². The fraction of sp³-hybridized carbons (Fsp3) is 0.235. The second-order valence-corrected chi connectivity index (χ2v) is 5.94. The molecule has 0 amide bonds. The topological polar surface area (TPSA) is 63.3 Å². The van der Waals surface area contributed by atoms with E-state index in [1.54, 1.807) is 12.1 Å². The maximum absolute atomic E-state index is 11.3. The molecule has 0 aliphatic carbocycles. The highest BCUT2D eigenvalue weighted by atomic mass is 16.4. The van der Waals surface area contributed by atoms with E-state index in [1.807, 2.05) is 24.3 Å². The van der Waals surface area contributed by atoms with Crippen molar-refractivity contribution in [2.45, 2.75) is 26.2 Å². The smallest absolute Gasteiger partial charge is 0.336 e. The van der Waals surface area contributed by atoms with Crippen LogP contribution in [0.4, 0.5) is 5.69 Å². The molecule has 3 nitrogen and oxygen atoms in total. The molecule has 0 aromatic heterocycles. The van der Waals surface area contributed by atoms with Crippen molar-refractivity contribution in [2.75, 3.05) is 5.73 Å². The van der Waals surface area contributed by atoms with Crippen LogP contribution in [0.25, 0.3) is 11.1 Å². The van der Waals surface area contributed by atoms with Gasteiger partial charge in [0.1, 0.15) is 0 Å². The Morgan fingerprint density at radius 3 is 2.15 bits per heavy atom. The first kappa shape index (κ1) is 14.1. The van der Waals surface area contributed by atoms with Gasteiger partial charge >= 0.3 is 5.97 Å². The predicted molar refractivity (Wildman–Crippen MR) is 81.9 cm³/mol. The third-order valence-corrected chi connectivity index (χ3v) is 3.34. The predicted octanol–water partition coefficient (Wildman–Crippen LogP) is 3.93. The van der Waals surface area contributed by atoms with Gasteiger partial charge in [0.2, 0.25) is 0 Å². The average Bonchev–Trinajstić information content (AvgIpc) is 2.37. The molecule has 0 saturated heterocycles. The van der Waals surface area contributed by atoms with Crippen LogP contribution in [0.5, 0.6) is 0 Å². The van der Waals surface area contributed by atoms with E-state index in [0.29, 0.717) is 11.3 Å². The zero-order valence-electron chi connectivity index (χ0n) is 12.0. The Morgan fingerprint density at radius 2 is 1.65 bits per heavy atom. The van der Waals surface area contributed by atoms with Gasteiger partial charge < -0.3 is 10.8 Å². The molecule has 0 spiro atoms. The van der Waals surface area contributed by atoms with Crippen molar-refractivity contribution in [3.63, 3.8) is 0 Å². The summed E-state index contributed by atoms with van der Waals surface area (Å²) in [6, 6.07) is 13.0. The molecule has 0 unspecified atom stereocenters. The van der Waals surface area contributed by atoms with Crippen molar-refractivity contribution in [3.05, 3.63) is 53.6 Å². The molecule has 0 saturated carbocycles. The van der Waals surface area contributed by atoms with Crippen LogP contribution in [-0.4, -0.2) is 11.1 Å². The molecule has 2 aromatic rings. The number of hydrogen-bond donors (Lipinski definition) is 2. The molecule has 20 heavy (non-hydrogen) atoms. The SMILES string of the molecule is CC(C)(C)c1ccc(-c2ccc(N)cc2C(=O)O)cc1. The number of nitrogen functional groups attached to an aromatic ring is 1. The maximum Gasteiger partial charge on any atom is 0.336 e. The molecule has 0 aliphatic rings. The van der Waals surface area contributed by atoms with Crippen LogP contribution in [0.3, 0.4) is 0 Å². The number of carbonyl (C=O) groups is 1. The Bertz CT molecular complexity index is 637. The van der Waals surface area contributed by atoms with Gasteiger partial charge in [-0.3, -0.25) is 0 Å². The monoisotopic (exact) mass is 269 g/mol. The minimum Gasteiger partial charge on any atom is -0.478 e. The molecule has 0 aliphatic heterocycles.